The number of aryl methyl sites for hydroxylation is 2. The molecule has 0 saturated heterocycles. The molecule has 2 heterocycles. The number of thiazole rings is 1. The summed E-state index contributed by atoms with van der Waals surface area (Å²) in [6.07, 6.45) is 6.31. The molecule has 0 unspecified atom stereocenters. The molecule has 6 heteroatoms. The average Bonchev–Trinajstić information content (AvgIpc) is 3.69. The monoisotopic (exact) mass is 475 g/mol. The quantitative estimate of drug-likeness (QED) is 0.315. The van der Waals surface area contributed by atoms with Gasteiger partial charge in [-0.2, -0.15) is 0 Å². The van der Waals surface area contributed by atoms with Gasteiger partial charge < -0.3 is 9.52 Å². The van der Waals surface area contributed by atoms with Crippen LogP contribution in [0.25, 0.3) is 22.1 Å². The number of fused-ring (bicyclic) bond motifs is 1. The molecule has 0 bridgehead atoms. The molecule has 0 aliphatic heterocycles. The van der Waals surface area contributed by atoms with Gasteiger partial charge in [0.2, 0.25) is 0 Å². The third-order valence-corrected chi connectivity index (χ3v) is 8.93. The third-order valence-electron chi connectivity index (χ3n) is 6.73. The van der Waals surface area contributed by atoms with Crippen molar-refractivity contribution in [2.45, 2.75) is 54.4 Å². The molecule has 2 aromatic heterocycles. The lowest BCUT2D eigenvalue weighted by Crippen LogP contribution is -2.29. The molecule has 0 radical (unpaired) electrons. The first-order chi connectivity index (χ1) is 15.9. The fourth-order valence-corrected chi connectivity index (χ4v) is 7.18. The van der Waals surface area contributed by atoms with Crippen LogP contribution in [0.1, 0.15) is 41.7 Å². The van der Waals surface area contributed by atoms with Gasteiger partial charge in [0.1, 0.15) is 11.2 Å². The molecule has 2 saturated carbocycles. The molecule has 6 rings (SSSR count). The van der Waals surface area contributed by atoms with Crippen LogP contribution in [0.4, 0.5) is 0 Å². The second-order valence-corrected chi connectivity index (χ2v) is 11.8. The molecular formula is C27H25NO3S2. The van der Waals surface area contributed by atoms with Crippen LogP contribution in [0, 0.1) is 25.7 Å². The maximum atomic E-state index is 12.4. The zero-order chi connectivity index (χ0) is 22.7. The number of nitrogens with zero attached hydrogens (tertiary/aromatic N) is 1. The molecule has 2 aliphatic rings. The van der Waals surface area contributed by atoms with Crippen molar-refractivity contribution in [1.82, 2.24) is 4.98 Å². The van der Waals surface area contributed by atoms with Crippen molar-refractivity contribution in [3.05, 3.63) is 75.1 Å². The number of aromatic nitrogens is 1. The first kappa shape index (κ1) is 21.1. The van der Waals surface area contributed by atoms with Crippen LogP contribution in [0.2, 0.25) is 0 Å². The van der Waals surface area contributed by atoms with E-state index in [2.05, 4.69) is 37.0 Å². The van der Waals surface area contributed by atoms with Crippen LogP contribution in [-0.2, 0) is 5.60 Å². The maximum Gasteiger partial charge on any atom is 0.336 e. The summed E-state index contributed by atoms with van der Waals surface area (Å²) in [5, 5.41) is 12.3. The van der Waals surface area contributed by atoms with Gasteiger partial charge in [0.25, 0.3) is 0 Å². The molecule has 2 fully saturated rings. The second-order valence-electron chi connectivity index (χ2n) is 9.48. The number of hydrogen-bond acceptors (Lipinski definition) is 6. The van der Waals surface area contributed by atoms with Crippen molar-refractivity contribution in [2.24, 2.45) is 11.8 Å². The van der Waals surface area contributed by atoms with Crippen LogP contribution in [0.15, 0.2) is 67.1 Å². The van der Waals surface area contributed by atoms with Gasteiger partial charge in [-0.25, -0.2) is 9.78 Å². The number of rotatable bonds is 6. The fraction of sp³-hybridized carbons (Fsp3) is 0.333. The Balaban J connectivity index is 1.33. The van der Waals surface area contributed by atoms with E-state index in [1.54, 1.807) is 29.2 Å². The Morgan fingerprint density at radius 3 is 2.39 bits per heavy atom. The van der Waals surface area contributed by atoms with E-state index in [-0.39, 0.29) is 5.63 Å². The van der Waals surface area contributed by atoms with Crippen molar-refractivity contribution in [3.8, 4) is 11.1 Å². The highest BCUT2D eigenvalue weighted by Crippen LogP contribution is 2.58. The predicted octanol–water partition coefficient (Wildman–Crippen LogP) is 6.69. The maximum absolute atomic E-state index is 12.4. The normalized spacial score (nSPS) is 16.5. The van der Waals surface area contributed by atoms with E-state index in [1.807, 2.05) is 24.4 Å². The summed E-state index contributed by atoms with van der Waals surface area (Å²) in [5.41, 5.74) is 3.77. The average molecular weight is 476 g/mol. The molecule has 0 atom stereocenters. The molecule has 4 nitrogen and oxygen atoms in total. The lowest BCUT2D eigenvalue weighted by molar-refractivity contribution is -0.00681. The second kappa shape index (κ2) is 7.83. The van der Waals surface area contributed by atoms with Gasteiger partial charge in [0.05, 0.1) is 4.88 Å². The van der Waals surface area contributed by atoms with Crippen LogP contribution < -0.4 is 5.63 Å². The van der Waals surface area contributed by atoms with Crippen molar-refractivity contribution >= 4 is 34.1 Å². The molecule has 1 N–H and O–H groups in total. The van der Waals surface area contributed by atoms with E-state index in [4.69, 9.17) is 4.42 Å². The number of benzene rings is 2. The molecule has 0 amide bonds. The topological polar surface area (TPSA) is 63.3 Å². The van der Waals surface area contributed by atoms with E-state index in [9.17, 15) is 9.90 Å². The molecule has 168 valence electrons. The summed E-state index contributed by atoms with van der Waals surface area (Å²) < 4.78 is 6.48. The summed E-state index contributed by atoms with van der Waals surface area (Å²) in [5.74, 6) is 0.781. The Morgan fingerprint density at radius 2 is 1.73 bits per heavy atom. The Morgan fingerprint density at radius 1 is 1.03 bits per heavy atom. The van der Waals surface area contributed by atoms with Gasteiger partial charge in [-0.3, -0.25) is 0 Å². The predicted molar refractivity (Wildman–Crippen MR) is 133 cm³/mol. The van der Waals surface area contributed by atoms with Crippen LogP contribution >= 0.6 is 23.1 Å². The Bertz CT molecular complexity index is 1400. The van der Waals surface area contributed by atoms with Gasteiger partial charge in [-0.1, -0.05) is 41.1 Å². The van der Waals surface area contributed by atoms with E-state index in [0.717, 1.165) is 67.4 Å². The molecule has 2 aliphatic carbocycles. The first-order valence-electron chi connectivity index (χ1n) is 11.4. The molecule has 4 aromatic rings. The van der Waals surface area contributed by atoms with Crippen LogP contribution in [0.3, 0.4) is 0 Å². The zero-order valence-electron chi connectivity index (χ0n) is 18.6. The summed E-state index contributed by atoms with van der Waals surface area (Å²) in [7, 11) is 0. The SMILES string of the molecule is Cc1cc(C)cc(-c2cc(=O)oc3cc(Sc4ncc(C(O)(C5CC5)C5CC5)s4)ccc23)c1. The lowest BCUT2D eigenvalue weighted by Gasteiger charge is -2.26. The first-order valence-corrected chi connectivity index (χ1v) is 13.1. The smallest absolute Gasteiger partial charge is 0.336 e. The van der Waals surface area contributed by atoms with E-state index in [1.165, 1.54) is 0 Å². The third kappa shape index (κ3) is 3.94. The summed E-state index contributed by atoms with van der Waals surface area (Å²) in [4.78, 5) is 18.9. The van der Waals surface area contributed by atoms with Crippen molar-refractivity contribution < 1.29 is 9.52 Å². The molecule has 0 spiro atoms. The number of hydrogen-bond donors (Lipinski definition) is 1. The highest BCUT2D eigenvalue weighted by atomic mass is 32.2. The Labute approximate surface area is 200 Å². The largest absolute Gasteiger partial charge is 0.423 e. The van der Waals surface area contributed by atoms with Crippen molar-refractivity contribution in [3.63, 3.8) is 0 Å². The highest BCUT2D eigenvalue weighted by Gasteiger charge is 2.55. The molecule has 2 aromatic carbocycles. The van der Waals surface area contributed by atoms with Crippen LogP contribution in [-0.4, -0.2) is 10.1 Å². The van der Waals surface area contributed by atoms with E-state index >= 15 is 0 Å². The minimum Gasteiger partial charge on any atom is -0.423 e. The zero-order valence-corrected chi connectivity index (χ0v) is 20.3. The van der Waals surface area contributed by atoms with Crippen LogP contribution in [0.5, 0.6) is 0 Å². The Kier molecular flexibility index (Phi) is 5.02. The van der Waals surface area contributed by atoms with E-state index in [0.29, 0.717) is 17.4 Å². The highest BCUT2D eigenvalue weighted by molar-refractivity contribution is 8.01. The Hall–Kier alpha value is -2.41. The summed E-state index contributed by atoms with van der Waals surface area (Å²) in [6, 6.07) is 13.9. The van der Waals surface area contributed by atoms with Gasteiger partial charge in [0, 0.05) is 22.5 Å². The van der Waals surface area contributed by atoms with Gasteiger partial charge in [0.15, 0.2) is 4.34 Å². The van der Waals surface area contributed by atoms with Gasteiger partial charge in [-0.15, -0.1) is 11.3 Å². The minimum absolute atomic E-state index is 0.353. The molecular weight excluding hydrogens is 450 g/mol. The van der Waals surface area contributed by atoms with Gasteiger partial charge in [-0.05, 0) is 80.7 Å². The van der Waals surface area contributed by atoms with Crippen molar-refractivity contribution in [2.75, 3.05) is 0 Å². The summed E-state index contributed by atoms with van der Waals surface area (Å²) >= 11 is 3.14. The fourth-order valence-electron chi connectivity index (χ4n) is 4.95. The number of aliphatic hydroxyl groups is 1. The molecule has 33 heavy (non-hydrogen) atoms. The summed E-state index contributed by atoms with van der Waals surface area (Å²) in [6.45, 7) is 4.13. The standard InChI is InChI=1S/C27H25NO3S2/c1-15-9-16(2)11-17(10-15)22-13-25(29)31-23-12-20(7-8-21(22)23)32-26-28-14-24(33-26)27(30,18-3-4-18)19-5-6-19/h7-14,18-19,30H,3-6H2,1-2H3. The van der Waals surface area contributed by atoms with Gasteiger partial charge >= 0.3 is 5.63 Å². The van der Waals surface area contributed by atoms with E-state index < -0.39 is 5.60 Å². The minimum atomic E-state index is -0.687. The lowest BCUT2D eigenvalue weighted by atomic mass is 9.90. The van der Waals surface area contributed by atoms with Crippen molar-refractivity contribution in [1.29, 1.82) is 0 Å².